The monoisotopic (exact) mass is 956 g/mol. The summed E-state index contributed by atoms with van der Waals surface area (Å²) in [6.45, 7) is 14.1. The number of aliphatic hydroxyl groups is 1. The van der Waals surface area contributed by atoms with E-state index in [-0.39, 0.29) is 40.9 Å². The molecule has 3 aliphatic heterocycles. The van der Waals surface area contributed by atoms with Crippen LogP contribution < -0.4 is 5.32 Å². The number of fused-ring (bicyclic) bond motifs is 3. The van der Waals surface area contributed by atoms with E-state index in [0.29, 0.717) is 33.9 Å². The first-order valence-electron chi connectivity index (χ1n) is 23.1. The van der Waals surface area contributed by atoms with E-state index >= 15 is 0 Å². The third-order valence-corrected chi connectivity index (χ3v) is 12.9. The van der Waals surface area contributed by atoms with Crippen LogP contribution in [0.4, 0.5) is 39.5 Å². The molecule has 6 atom stereocenters. The molecule has 3 aliphatic rings. The van der Waals surface area contributed by atoms with Gasteiger partial charge in [-0.1, -0.05) is 57.2 Å². The van der Waals surface area contributed by atoms with Gasteiger partial charge in [0.2, 0.25) is 0 Å². The van der Waals surface area contributed by atoms with Gasteiger partial charge in [-0.3, -0.25) is 15.0 Å². The van der Waals surface area contributed by atoms with Crippen LogP contribution in [-0.4, -0.2) is 89.8 Å². The van der Waals surface area contributed by atoms with E-state index in [4.69, 9.17) is 5.11 Å². The van der Waals surface area contributed by atoms with Gasteiger partial charge in [0.15, 0.2) is 0 Å². The van der Waals surface area contributed by atoms with E-state index in [0.717, 1.165) is 75.2 Å². The summed E-state index contributed by atoms with van der Waals surface area (Å²) in [5.41, 5.74) is 1.16. The molecule has 6 heterocycles. The predicted molar refractivity (Wildman–Crippen MR) is 250 cm³/mol. The zero-order valence-electron chi connectivity index (χ0n) is 39.3. The average molecular weight is 957 g/mol. The molecule has 7 nitrogen and oxygen atoms in total. The van der Waals surface area contributed by atoms with E-state index < -0.39 is 35.2 Å². The van der Waals surface area contributed by atoms with Gasteiger partial charge < -0.3 is 20.2 Å². The van der Waals surface area contributed by atoms with Crippen molar-refractivity contribution in [3.8, 4) is 0 Å². The van der Waals surface area contributed by atoms with Crippen LogP contribution in [-0.2, 0) is 18.5 Å². The Labute approximate surface area is 392 Å². The molecule has 16 heteroatoms. The standard InChI is InChI=1S/2C17H19F3N2.C16H17F3N2.C2H6O/c2*1-11-8-12(10-22(2)9-11)13-5-6-15(17(18,19)20)16-14(13)4-3-7-21-16;1-10-7-11(9-20-8-10)12-4-5-14(16(17,18)19)15-13(12)3-2-6-21-15;1-2-3/h2*3-7,11-12H,8-10H2,1-2H3;2-6,10-11,20H,7-9H2,1H3;3H,2H2,1H3/t11-,12?;11-,12+;;/m11../s1. The molecule has 0 bridgehead atoms. The van der Waals surface area contributed by atoms with Gasteiger partial charge in [-0.2, -0.15) is 39.5 Å². The van der Waals surface area contributed by atoms with E-state index in [1.54, 1.807) is 61.5 Å². The lowest BCUT2D eigenvalue weighted by Gasteiger charge is -2.35. The van der Waals surface area contributed by atoms with Crippen molar-refractivity contribution in [1.82, 2.24) is 30.1 Å². The first-order valence-corrected chi connectivity index (χ1v) is 23.1. The van der Waals surface area contributed by atoms with Crippen LogP contribution in [0.25, 0.3) is 32.7 Å². The number of hydrogen-bond donors (Lipinski definition) is 2. The number of rotatable bonds is 3. The summed E-state index contributed by atoms with van der Waals surface area (Å²) in [6.07, 6.45) is -5.86. The van der Waals surface area contributed by atoms with E-state index in [1.807, 2.05) is 0 Å². The van der Waals surface area contributed by atoms with Crippen molar-refractivity contribution in [2.45, 2.75) is 83.2 Å². The van der Waals surface area contributed by atoms with Crippen LogP contribution in [0.5, 0.6) is 0 Å². The summed E-state index contributed by atoms with van der Waals surface area (Å²) in [6, 6.07) is 18.8. The second-order valence-electron chi connectivity index (χ2n) is 18.8. The number of nitrogens with zero attached hydrogens (tertiary/aromatic N) is 5. The highest BCUT2D eigenvalue weighted by atomic mass is 19.4. The Kier molecular flexibility index (Phi) is 17.2. The molecule has 3 aromatic heterocycles. The highest BCUT2D eigenvalue weighted by molar-refractivity contribution is 5.88. The number of nitrogens with one attached hydrogen (secondary N) is 1. The molecule has 68 heavy (non-hydrogen) atoms. The smallest absolute Gasteiger partial charge is 0.397 e. The molecule has 0 saturated carbocycles. The van der Waals surface area contributed by atoms with Gasteiger partial charge >= 0.3 is 18.5 Å². The second kappa shape index (κ2) is 22.2. The van der Waals surface area contributed by atoms with Crippen molar-refractivity contribution < 1.29 is 44.6 Å². The molecular formula is C52H61F9N6O. The Morgan fingerprint density at radius 1 is 0.500 bits per heavy atom. The molecule has 3 unspecified atom stereocenters. The highest BCUT2D eigenvalue weighted by Crippen LogP contribution is 2.42. The van der Waals surface area contributed by atoms with E-state index in [9.17, 15) is 39.5 Å². The second-order valence-corrected chi connectivity index (χ2v) is 18.8. The number of likely N-dealkylation sites (N-methyl/N-ethyl adjacent to an activating group) is 2. The van der Waals surface area contributed by atoms with Crippen molar-refractivity contribution >= 4 is 32.7 Å². The van der Waals surface area contributed by atoms with Crippen LogP contribution in [0.2, 0.25) is 0 Å². The van der Waals surface area contributed by atoms with Crippen LogP contribution >= 0.6 is 0 Å². The van der Waals surface area contributed by atoms with Gasteiger partial charge in [-0.05, 0) is 135 Å². The lowest BCUT2D eigenvalue weighted by molar-refractivity contribution is -0.137. The fraction of sp³-hybridized carbons (Fsp3) is 0.481. The number of piperidine rings is 3. The van der Waals surface area contributed by atoms with Crippen molar-refractivity contribution in [1.29, 1.82) is 0 Å². The summed E-state index contributed by atoms with van der Waals surface area (Å²) < 4.78 is 118. The van der Waals surface area contributed by atoms with Gasteiger partial charge in [0, 0.05) is 74.1 Å². The molecule has 9 rings (SSSR count). The van der Waals surface area contributed by atoms with Crippen molar-refractivity contribution in [3.63, 3.8) is 0 Å². The molecule has 3 aromatic carbocycles. The quantitative estimate of drug-likeness (QED) is 0.171. The van der Waals surface area contributed by atoms with E-state index in [2.05, 4.69) is 64.9 Å². The van der Waals surface area contributed by atoms with E-state index in [1.165, 1.54) is 36.8 Å². The largest absolute Gasteiger partial charge is 0.418 e. The molecule has 368 valence electrons. The van der Waals surface area contributed by atoms with Gasteiger partial charge in [-0.25, -0.2) is 0 Å². The Morgan fingerprint density at radius 3 is 1.13 bits per heavy atom. The summed E-state index contributed by atoms with van der Waals surface area (Å²) in [7, 11) is 4.13. The van der Waals surface area contributed by atoms with Crippen LogP contribution in [0, 0.1) is 17.8 Å². The first kappa shape index (κ1) is 52.5. The normalized spacial score (nSPS) is 22.9. The van der Waals surface area contributed by atoms with Crippen molar-refractivity contribution in [2.75, 3.05) is 60.0 Å². The minimum absolute atomic E-state index is 0.0562. The van der Waals surface area contributed by atoms with Crippen LogP contribution in [0.1, 0.15) is 98.1 Å². The fourth-order valence-electron chi connectivity index (χ4n) is 10.4. The number of benzene rings is 3. The lowest BCUT2D eigenvalue weighted by atomic mass is 9.83. The van der Waals surface area contributed by atoms with Gasteiger partial charge in [0.25, 0.3) is 0 Å². The molecule has 6 aromatic rings. The SMILES string of the molecule is CC1CNCC(c2ccc(C(F)(F)F)c3ncccc23)C1.CCO.C[C@@H]1CC(c2ccc(C(F)(F)F)c3ncccc23)CN(C)C1.C[C@@H]1C[C@H](c2ccc(C(F)(F)F)c3ncccc23)CN(C)C1. The van der Waals surface area contributed by atoms with Crippen molar-refractivity contribution in [3.05, 3.63) is 125 Å². The molecule has 3 saturated heterocycles. The minimum Gasteiger partial charge on any atom is -0.397 e. The third-order valence-electron chi connectivity index (χ3n) is 12.9. The summed E-state index contributed by atoms with van der Waals surface area (Å²) in [4.78, 5) is 16.5. The fourth-order valence-corrected chi connectivity index (χ4v) is 10.4. The Morgan fingerprint density at radius 2 is 0.824 bits per heavy atom. The first-order chi connectivity index (χ1) is 32.1. The zero-order valence-corrected chi connectivity index (χ0v) is 39.3. The third kappa shape index (κ3) is 12.8. The number of hydrogen-bond acceptors (Lipinski definition) is 7. The molecule has 3 fully saturated rings. The zero-order chi connectivity index (χ0) is 49.6. The average Bonchev–Trinajstić information content (AvgIpc) is 3.27. The number of pyridine rings is 3. The van der Waals surface area contributed by atoms with Gasteiger partial charge in [0.1, 0.15) is 0 Å². The lowest BCUT2D eigenvalue weighted by Crippen LogP contribution is -2.35. The molecule has 0 amide bonds. The van der Waals surface area contributed by atoms with Crippen molar-refractivity contribution in [2.24, 2.45) is 17.8 Å². The number of aromatic nitrogens is 3. The summed E-state index contributed by atoms with van der Waals surface area (Å²) >= 11 is 0. The van der Waals surface area contributed by atoms with Gasteiger partial charge in [0.05, 0.1) is 33.2 Å². The predicted octanol–water partition coefficient (Wildman–Crippen LogP) is 12.6. The molecular weight excluding hydrogens is 896 g/mol. The van der Waals surface area contributed by atoms with Crippen LogP contribution in [0.15, 0.2) is 91.4 Å². The molecule has 0 spiro atoms. The topological polar surface area (TPSA) is 77.4 Å². The number of aliphatic hydroxyl groups excluding tert-OH is 1. The number of likely N-dealkylation sites (tertiary alicyclic amines) is 2. The maximum atomic E-state index is 13.2. The van der Waals surface area contributed by atoms with Gasteiger partial charge in [-0.15, -0.1) is 0 Å². The molecule has 0 radical (unpaired) electrons. The highest BCUT2D eigenvalue weighted by Gasteiger charge is 2.37. The Balaban J connectivity index is 0.000000163. The maximum Gasteiger partial charge on any atom is 0.418 e. The minimum atomic E-state index is -4.37. The summed E-state index contributed by atoms with van der Waals surface area (Å²) in [5.74, 6) is 2.35. The summed E-state index contributed by atoms with van der Waals surface area (Å²) in [5, 5.41) is 12.8. The Hall–Kier alpha value is -4.90. The number of alkyl halides is 9. The molecule has 0 aliphatic carbocycles. The maximum absolute atomic E-state index is 13.2. The number of halogens is 9. The van der Waals surface area contributed by atoms with Crippen LogP contribution in [0.3, 0.4) is 0 Å². The Bertz CT molecular complexity index is 2460. The molecule has 2 N–H and O–H groups in total.